The summed E-state index contributed by atoms with van der Waals surface area (Å²) in [6.45, 7) is 3.20. The first kappa shape index (κ1) is 13.5. The van der Waals surface area contributed by atoms with Gasteiger partial charge < -0.3 is 15.4 Å². The molecule has 0 heterocycles. The van der Waals surface area contributed by atoms with Crippen LogP contribution in [-0.2, 0) is 0 Å². The molecule has 0 bridgehead atoms. The number of nitrogens with two attached hydrogens (primary N) is 1. The van der Waals surface area contributed by atoms with Gasteiger partial charge in [-0.15, -0.1) is 0 Å². The number of nitrogens with zero attached hydrogens (tertiary/aromatic N) is 1. The summed E-state index contributed by atoms with van der Waals surface area (Å²) in [7, 11) is 3.35. The number of carbonyl (C=O) groups is 1. The average molecular weight is 236 g/mol. The highest BCUT2D eigenvalue weighted by Gasteiger charge is 2.16. The Bertz CT molecular complexity index is 391. The molecule has 0 fully saturated rings. The van der Waals surface area contributed by atoms with E-state index in [1.807, 2.05) is 25.1 Å². The molecule has 0 aliphatic rings. The van der Waals surface area contributed by atoms with Gasteiger partial charge in [-0.05, 0) is 32.0 Å². The van der Waals surface area contributed by atoms with E-state index in [0.717, 1.165) is 12.0 Å². The molecule has 4 nitrogen and oxygen atoms in total. The Morgan fingerprint density at radius 2 is 2.18 bits per heavy atom. The van der Waals surface area contributed by atoms with Gasteiger partial charge in [-0.1, -0.05) is 11.6 Å². The van der Waals surface area contributed by atoms with E-state index < -0.39 is 0 Å². The fourth-order valence-electron chi connectivity index (χ4n) is 1.62. The molecule has 0 radical (unpaired) electrons. The molecule has 0 atom stereocenters. The minimum absolute atomic E-state index is 0.0287. The quantitative estimate of drug-likeness (QED) is 0.841. The third kappa shape index (κ3) is 3.46. The van der Waals surface area contributed by atoms with Crippen LogP contribution in [0, 0.1) is 6.92 Å². The number of benzene rings is 1. The zero-order chi connectivity index (χ0) is 12.8. The second kappa shape index (κ2) is 6.25. The van der Waals surface area contributed by atoms with Crippen LogP contribution in [0.3, 0.4) is 0 Å². The van der Waals surface area contributed by atoms with Crippen LogP contribution in [0.5, 0.6) is 5.75 Å². The first-order valence-electron chi connectivity index (χ1n) is 5.70. The fourth-order valence-corrected chi connectivity index (χ4v) is 1.62. The normalized spacial score (nSPS) is 10.1. The summed E-state index contributed by atoms with van der Waals surface area (Å²) >= 11 is 0. The minimum Gasteiger partial charge on any atom is -0.496 e. The maximum atomic E-state index is 12.2. The van der Waals surface area contributed by atoms with Crippen molar-refractivity contribution in [3.8, 4) is 5.75 Å². The highest BCUT2D eigenvalue weighted by atomic mass is 16.5. The number of carbonyl (C=O) groups excluding carboxylic acids is 1. The third-order valence-electron chi connectivity index (χ3n) is 2.63. The van der Waals surface area contributed by atoms with Gasteiger partial charge in [0.2, 0.25) is 0 Å². The molecule has 0 aliphatic heterocycles. The maximum Gasteiger partial charge on any atom is 0.257 e. The number of methoxy groups -OCH3 is 1. The number of ether oxygens (including phenoxy) is 1. The lowest BCUT2D eigenvalue weighted by Crippen LogP contribution is -2.29. The highest BCUT2D eigenvalue weighted by Crippen LogP contribution is 2.21. The summed E-state index contributed by atoms with van der Waals surface area (Å²) in [5.41, 5.74) is 7.08. The van der Waals surface area contributed by atoms with Gasteiger partial charge in [-0.25, -0.2) is 0 Å². The topological polar surface area (TPSA) is 55.6 Å². The molecule has 1 aromatic carbocycles. The predicted molar refractivity (Wildman–Crippen MR) is 68.4 cm³/mol. The van der Waals surface area contributed by atoms with E-state index in [2.05, 4.69) is 0 Å². The summed E-state index contributed by atoms with van der Waals surface area (Å²) in [5, 5.41) is 0. The summed E-state index contributed by atoms with van der Waals surface area (Å²) in [6, 6.07) is 5.59. The first-order chi connectivity index (χ1) is 8.10. The van der Waals surface area contributed by atoms with E-state index in [4.69, 9.17) is 10.5 Å². The molecule has 0 aromatic heterocycles. The molecule has 0 saturated carbocycles. The van der Waals surface area contributed by atoms with E-state index in [-0.39, 0.29) is 5.91 Å². The number of hydrogen-bond acceptors (Lipinski definition) is 3. The van der Waals surface area contributed by atoms with Crippen LogP contribution >= 0.6 is 0 Å². The van der Waals surface area contributed by atoms with Crippen LogP contribution < -0.4 is 10.5 Å². The molecule has 2 N–H and O–H groups in total. The van der Waals surface area contributed by atoms with Crippen molar-refractivity contribution in [1.82, 2.24) is 4.90 Å². The van der Waals surface area contributed by atoms with Crippen molar-refractivity contribution in [3.63, 3.8) is 0 Å². The largest absolute Gasteiger partial charge is 0.496 e. The van der Waals surface area contributed by atoms with Gasteiger partial charge in [-0.3, -0.25) is 4.79 Å². The maximum absolute atomic E-state index is 12.2. The lowest BCUT2D eigenvalue weighted by atomic mass is 10.1. The summed E-state index contributed by atoms with van der Waals surface area (Å²) in [4.78, 5) is 13.9. The van der Waals surface area contributed by atoms with Gasteiger partial charge in [0.05, 0.1) is 12.7 Å². The van der Waals surface area contributed by atoms with Crippen molar-refractivity contribution in [2.75, 3.05) is 27.2 Å². The zero-order valence-electron chi connectivity index (χ0n) is 10.7. The third-order valence-corrected chi connectivity index (χ3v) is 2.63. The molecule has 0 saturated heterocycles. The molecule has 17 heavy (non-hydrogen) atoms. The number of aryl methyl sites for hydroxylation is 1. The van der Waals surface area contributed by atoms with E-state index in [9.17, 15) is 4.79 Å². The Hall–Kier alpha value is -1.55. The average Bonchev–Trinajstić information content (AvgIpc) is 2.34. The molecular weight excluding hydrogens is 216 g/mol. The van der Waals surface area contributed by atoms with Gasteiger partial charge in [0, 0.05) is 13.6 Å². The Labute approximate surface area is 102 Å². The molecule has 4 heteroatoms. The van der Waals surface area contributed by atoms with Crippen molar-refractivity contribution in [2.45, 2.75) is 13.3 Å². The molecule has 0 unspecified atom stereocenters. The van der Waals surface area contributed by atoms with Gasteiger partial charge in [0.15, 0.2) is 0 Å². The molecule has 1 amide bonds. The molecule has 0 spiro atoms. The lowest BCUT2D eigenvalue weighted by Gasteiger charge is -2.18. The Balaban J connectivity index is 2.90. The highest BCUT2D eigenvalue weighted by molar-refractivity contribution is 5.97. The van der Waals surface area contributed by atoms with Crippen LogP contribution in [0.15, 0.2) is 18.2 Å². The van der Waals surface area contributed by atoms with Crippen molar-refractivity contribution in [2.24, 2.45) is 5.73 Å². The minimum atomic E-state index is -0.0287. The van der Waals surface area contributed by atoms with Crippen molar-refractivity contribution in [1.29, 1.82) is 0 Å². The van der Waals surface area contributed by atoms with Crippen molar-refractivity contribution in [3.05, 3.63) is 29.3 Å². The van der Waals surface area contributed by atoms with Gasteiger partial charge in [0.1, 0.15) is 5.75 Å². The smallest absolute Gasteiger partial charge is 0.257 e. The summed E-state index contributed by atoms with van der Waals surface area (Å²) in [5.74, 6) is 0.583. The lowest BCUT2D eigenvalue weighted by molar-refractivity contribution is 0.0791. The standard InChI is InChI=1S/C13H20N2O2/c1-10-5-6-12(17-3)11(9-10)13(16)15(2)8-4-7-14/h5-6,9H,4,7-8,14H2,1-3H3. The number of amides is 1. The van der Waals surface area contributed by atoms with Gasteiger partial charge >= 0.3 is 0 Å². The first-order valence-corrected chi connectivity index (χ1v) is 5.70. The molecule has 0 aliphatic carbocycles. The molecule has 1 rings (SSSR count). The second-order valence-electron chi connectivity index (χ2n) is 4.07. The predicted octanol–water partition coefficient (Wildman–Crippen LogP) is 1.42. The molecular formula is C13H20N2O2. The van der Waals surface area contributed by atoms with E-state index in [1.165, 1.54) is 0 Å². The SMILES string of the molecule is COc1ccc(C)cc1C(=O)N(C)CCCN. The Morgan fingerprint density at radius 3 is 2.76 bits per heavy atom. The van der Waals surface area contributed by atoms with E-state index >= 15 is 0 Å². The van der Waals surface area contributed by atoms with Crippen LogP contribution in [0.25, 0.3) is 0 Å². The number of rotatable bonds is 5. The Kier molecular flexibility index (Phi) is 4.97. The van der Waals surface area contributed by atoms with Gasteiger partial charge in [-0.2, -0.15) is 0 Å². The van der Waals surface area contributed by atoms with E-state index in [0.29, 0.717) is 24.4 Å². The molecule has 94 valence electrons. The summed E-state index contributed by atoms with van der Waals surface area (Å²) < 4.78 is 5.20. The fraction of sp³-hybridized carbons (Fsp3) is 0.462. The van der Waals surface area contributed by atoms with Gasteiger partial charge in [0.25, 0.3) is 5.91 Å². The number of hydrogen-bond donors (Lipinski definition) is 1. The van der Waals surface area contributed by atoms with Crippen LogP contribution in [-0.4, -0.2) is 38.1 Å². The summed E-state index contributed by atoms with van der Waals surface area (Å²) in [6.07, 6.45) is 0.802. The van der Waals surface area contributed by atoms with Crippen molar-refractivity contribution < 1.29 is 9.53 Å². The van der Waals surface area contributed by atoms with E-state index in [1.54, 1.807) is 19.1 Å². The van der Waals surface area contributed by atoms with Crippen molar-refractivity contribution >= 4 is 5.91 Å². The van der Waals surface area contributed by atoms with Crippen LogP contribution in [0.4, 0.5) is 0 Å². The second-order valence-corrected chi connectivity index (χ2v) is 4.07. The zero-order valence-corrected chi connectivity index (χ0v) is 10.7. The Morgan fingerprint density at radius 1 is 1.47 bits per heavy atom. The monoisotopic (exact) mass is 236 g/mol. The van der Waals surface area contributed by atoms with Crippen LogP contribution in [0.1, 0.15) is 22.3 Å². The van der Waals surface area contributed by atoms with Crippen LogP contribution in [0.2, 0.25) is 0 Å². The molecule has 1 aromatic rings.